The van der Waals surface area contributed by atoms with Gasteiger partial charge in [-0.15, -0.1) is 0 Å². The predicted octanol–water partition coefficient (Wildman–Crippen LogP) is 10.5. The quantitative estimate of drug-likeness (QED) is 0.331. The Bertz CT molecular complexity index is 644. The van der Waals surface area contributed by atoms with Crippen LogP contribution in [0.2, 0.25) is 0 Å². The molecule has 4 saturated carbocycles. The molecule has 0 nitrogen and oxygen atoms in total. The Balaban J connectivity index is 1.31. The van der Waals surface area contributed by atoms with Gasteiger partial charge >= 0.3 is 0 Å². The third-order valence-electron chi connectivity index (χ3n) is 12.7. The summed E-state index contributed by atoms with van der Waals surface area (Å²) in [6, 6.07) is 0. The molecule has 0 spiro atoms. The van der Waals surface area contributed by atoms with Crippen LogP contribution in [-0.4, -0.2) is 0 Å². The second-order valence-electron chi connectivity index (χ2n) is 16.0. The second-order valence-corrected chi connectivity index (χ2v) is 16.0. The van der Waals surface area contributed by atoms with Gasteiger partial charge in [0, 0.05) is 0 Å². The largest absolute Gasteiger partial charge is 0.0625 e. The summed E-state index contributed by atoms with van der Waals surface area (Å²) in [7, 11) is 0. The molecule has 0 heterocycles. The molecule has 4 aliphatic rings. The van der Waals surface area contributed by atoms with E-state index in [1.54, 1.807) is 6.42 Å². The first kappa shape index (κ1) is 27.0. The molecular weight excluding hydrogens is 408 g/mol. The SMILES string of the molecule is CC1CC2CC(C(C)C)CC(C(C)CCC(C)(C)CC(C)C3CCC4C(C)CCC4C3C)C2C1. The molecule has 0 aliphatic heterocycles. The molecule has 0 aromatic carbocycles. The highest BCUT2D eigenvalue weighted by atomic mass is 14.5. The molecule has 0 radical (unpaired) electrons. The molecule has 4 rings (SSSR count). The van der Waals surface area contributed by atoms with Crippen molar-refractivity contribution in [2.24, 2.45) is 82.3 Å². The van der Waals surface area contributed by atoms with Crippen molar-refractivity contribution >= 4 is 0 Å². The Hall–Kier alpha value is 0. The van der Waals surface area contributed by atoms with Crippen LogP contribution in [0.15, 0.2) is 0 Å². The van der Waals surface area contributed by atoms with Crippen molar-refractivity contribution in [2.45, 2.75) is 133 Å². The molecule has 0 aromatic heterocycles. The number of hydrogen-bond donors (Lipinski definition) is 0. The minimum atomic E-state index is 0.502. The lowest BCUT2D eigenvalue weighted by atomic mass is 9.60. The van der Waals surface area contributed by atoms with Gasteiger partial charge in [-0.3, -0.25) is 0 Å². The van der Waals surface area contributed by atoms with Crippen LogP contribution >= 0.6 is 0 Å². The van der Waals surface area contributed by atoms with E-state index >= 15 is 0 Å². The maximum Gasteiger partial charge on any atom is -0.0351 e. The molecule has 12 unspecified atom stereocenters. The van der Waals surface area contributed by atoms with Crippen molar-refractivity contribution in [1.82, 2.24) is 0 Å². The Morgan fingerprint density at radius 2 is 1.41 bits per heavy atom. The zero-order valence-electron chi connectivity index (χ0n) is 24.8. The molecule has 34 heavy (non-hydrogen) atoms. The third kappa shape index (κ3) is 5.77. The monoisotopic (exact) mass is 470 g/mol. The van der Waals surface area contributed by atoms with Gasteiger partial charge in [-0.25, -0.2) is 0 Å². The molecular formula is C34H62. The Morgan fingerprint density at radius 1 is 0.706 bits per heavy atom. The summed E-state index contributed by atoms with van der Waals surface area (Å²) in [5.74, 6) is 12.8. The summed E-state index contributed by atoms with van der Waals surface area (Å²) in [5, 5.41) is 0. The fraction of sp³-hybridized carbons (Fsp3) is 1.00. The van der Waals surface area contributed by atoms with Gasteiger partial charge in [0.25, 0.3) is 0 Å². The van der Waals surface area contributed by atoms with Crippen molar-refractivity contribution in [2.75, 3.05) is 0 Å². The summed E-state index contributed by atoms with van der Waals surface area (Å²) in [6.45, 7) is 23.2. The topological polar surface area (TPSA) is 0 Å². The van der Waals surface area contributed by atoms with Crippen LogP contribution in [0, 0.1) is 82.3 Å². The molecule has 0 N–H and O–H groups in total. The number of hydrogen-bond acceptors (Lipinski definition) is 0. The normalized spacial score (nSPS) is 44.6. The van der Waals surface area contributed by atoms with Crippen molar-refractivity contribution in [3.8, 4) is 0 Å². The molecule has 4 fully saturated rings. The van der Waals surface area contributed by atoms with Crippen LogP contribution < -0.4 is 0 Å². The van der Waals surface area contributed by atoms with E-state index in [1.165, 1.54) is 64.2 Å². The highest BCUT2D eigenvalue weighted by molar-refractivity contribution is 4.96. The van der Waals surface area contributed by atoms with Crippen LogP contribution in [0.1, 0.15) is 133 Å². The van der Waals surface area contributed by atoms with Crippen LogP contribution in [0.5, 0.6) is 0 Å². The van der Waals surface area contributed by atoms with Gasteiger partial charge in [0.15, 0.2) is 0 Å². The third-order valence-corrected chi connectivity index (χ3v) is 12.7. The lowest BCUT2D eigenvalue weighted by Gasteiger charge is -2.45. The predicted molar refractivity (Wildman–Crippen MR) is 150 cm³/mol. The fourth-order valence-corrected chi connectivity index (χ4v) is 10.6. The van der Waals surface area contributed by atoms with Gasteiger partial charge in [0.1, 0.15) is 0 Å². The number of fused-ring (bicyclic) bond motifs is 2. The maximum atomic E-state index is 2.65. The summed E-state index contributed by atoms with van der Waals surface area (Å²) in [5.41, 5.74) is 0.502. The van der Waals surface area contributed by atoms with E-state index in [2.05, 4.69) is 62.3 Å². The zero-order valence-corrected chi connectivity index (χ0v) is 24.8. The molecule has 0 saturated heterocycles. The van der Waals surface area contributed by atoms with E-state index < -0.39 is 0 Å². The zero-order chi connectivity index (χ0) is 24.8. The lowest BCUT2D eigenvalue weighted by Crippen LogP contribution is -2.36. The molecule has 198 valence electrons. The van der Waals surface area contributed by atoms with Crippen molar-refractivity contribution in [1.29, 1.82) is 0 Å². The molecule has 12 atom stereocenters. The van der Waals surface area contributed by atoms with Crippen LogP contribution in [0.25, 0.3) is 0 Å². The Labute approximate surface area is 215 Å². The average molecular weight is 471 g/mol. The molecule has 0 aromatic rings. The summed E-state index contributed by atoms with van der Waals surface area (Å²) < 4.78 is 0. The number of rotatable bonds is 8. The van der Waals surface area contributed by atoms with E-state index in [0.717, 1.165) is 76.9 Å². The minimum absolute atomic E-state index is 0.502. The standard InChI is InChI=1S/C34H62/c1-21(2)27-18-28-16-22(3)17-33(28)32(19-27)24(5)14-15-34(8,9)20-25(6)29-12-13-30-23(4)10-11-31(30)26(29)7/h21-33H,10-20H2,1-9H3. The minimum Gasteiger partial charge on any atom is -0.0625 e. The highest BCUT2D eigenvalue weighted by Crippen LogP contribution is 2.55. The summed E-state index contributed by atoms with van der Waals surface area (Å²) >= 11 is 0. The Kier molecular flexibility index (Phi) is 8.57. The van der Waals surface area contributed by atoms with E-state index in [4.69, 9.17) is 0 Å². The van der Waals surface area contributed by atoms with Gasteiger partial charge in [0.2, 0.25) is 0 Å². The Morgan fingerprint density at radius 3 is 2.12 bits per heavy atom. The second kappa shape index (κ2) is 10.8. The fourth-order valence-electron chi connectivity index (χ4n) is 10.6. The van der Waals surface area contributed by atoms with Gasteiger partial charge < -0.3 is 0 Å². The molecule has 0 amide bonds. The van der Waals surface area contributed by atoms with E-state index in [-0.39, 0.29) is 0 Å². The summed E-state index contributed by atoms with van der Waals surface area (Å²) in [6.07, 6.45) is 16.6. The maximum absolute atomic E-state index is 2.65. The van der Waals surface area contributed by atoms with Gasteiger partial charge in [-0.2, -0.15) is 0 Å². The van der Waals surface area contributed by atoms with Gasteiger partial charge in [-0.05, 0) is 147 Å². The summed E-state index contributed by atoms with van der Waals surface area (Å²) in [4.78, 5) is 0. The smallest absolute Gasteiger partial charge is 0.0351 e. The van der Waals surface area contributed by atoms with Crippen molar-refractivity contribution in [3.63, 3.8) is 0 Å². The molecule has 0 bridgehead atoms. The van der Waals surface area contributed by atoms with E-state index in [9.17, 15) is 0 Å². The van der Waals surface area contributed by atoms with Crippen LogP contribution in [-0.2, 0) is 0 Å². The van der Waals surface area contributed by atoms with Gasteiger partial charge in [0.05, 0.1) is 0 Å². The first-order valence-electron chi connectivity index (χ1n) is 16.0. The van der Waals surface area contributed by atoms with E-state index in [1.807, 2.05) is 0 Å². The van der Waals surface area contributed by atoms with Crippen LogP contribution in [0.3, 0.4) is 0 Å². The lowest BCUT2D eigenvalue weighted by molar-refractivity contribution is 0.0472. The molecule has 4 aliphatic carbocycles. The van der Waals surface area contributed by atoms with Crippen molar-refractivity contribution < 1.29 is 0 Å². The van der Waals surface area contributed by atoms with Gasteiger partial charge in [-0.1, -0.05) is 68.7 Å². The van der Waals surface area contributed by atoms with Crippen molar-refractivity contribution in [3.05, 3.63) is 0 Å². The first-order valence-corrected chi connectivity index (χ1v) is 16.0. The average Bonchev–Trinajstić information content (AvgIpc) is 3.33. The van der Waals surface area contributed by atoms with E-state index in [0.29, 0.717) is 5.41 Å². The van der Waals surface area contributed by atoms with Crippen LogP contribution in [0.4, 0.5) is 0 Å². The highest BCUT2D eigenvalue weighted by Gasteiger charge is 2.46. The molecule has 0 heteroatoms. The first-order chi connectivity index (χ1) is 16.0.